The van der Waals surface area contributed by atoms with Gasteiger partial charge in [0.1, 0.15) is 0 Å². The van der Waals surface area contributed by atoms with Crippen LogP contribution in [0.3, 0.4) is 0 Å². The van der Waals surface area contributed by atoms with Crippen LogP contribution in [0.1, 0.15) is 32.6 Å². The highest BCUT2D eigenvalue weighted by molar-refractivity contribution is 5.66. The summed E-state index contributed by atoms with van der Waals surface area (Å²) in [5.41, 5.74) is 0. The van der Waals surface area contributed by atoms with E-state index in [9.17, 15) is 4.79 Å². The van der Waals surface area contributed by atoms with Crippen LogP contribution in [-0.2, 0) is 4.79 Å². The Labute approximate surface area is 73.2 Å². The predicted octanol–water partition coefficient (Wildman–Crippen LogP) is 1.24. The normalized spacial score (nSPS) is 30.1. The van der Waals surface area contributed by atoms with Crippen molar-refractivity contribution in [3.63, 3.8) is 0 Å². The third-order valence-electron chi connectivity index (χ3n) is 2.65. The number of aliphatic carboxylic acids is 1. The highest BCUT2D eigenvalue weighted by Crippen LogP contribution is 2.20. The van der Waals surface area contributed by atoms with Crippen molar-refractivity contribution in [1.29, 1.82) is 0 Å². The third-order valence-corrected chi connectivity index (χ3v) is 2.65. The fourth-order valence-electron chi connectivity index (χ4n) is 1.81. The van der Waals surface area contributed by atoms with Gasteiger partial charge in [-0.2, -0.15) is 0 Å². The Morgan fingerprint density at radius 3 is 3.00 bits per heavy atom. The molecule has 0 aromatic rings. The van der Waals surface area contributed by atoms with Crippen LogP contribution < -0.4 is 5.32 Å². The van der Waals surface area contributed by atoms with Gasteiger partial charge >= 0.3 is 5.97 Å². The van der Waals surface area contributed by atoms with E-state index in [1.807, 2.05) is 0 Å². The molecular formula is C9H17NO2. The minimum Gasteiger partial charge on any atom is -0.481 e. The summed E-state index contributed by atoms with van der Waals surface area (Å²) in [6.07, 6.45) is 3.51. The summed E-state index contributed by atoms with van der Waals surface area (Å²) in [5.74, 6) is -0.109. The van der Waals surface area contributed by atoms with E-state index in [0.717, 1.165) is 13.0 Å². The molecule has 2 N–H and O–H groups in total. The Kier molecular flexibility index (Phi) is 3.53. The van der Waals surface area contributed by atoms with Crippen LogP contribution in [0.15, 0.2) is 0 Å². The number of rotatable bonds is 3. The Bertz CT molecular complexity index is 159. The zero-order valence-corrected chi connectivity index (χ0v) is 7.55. The number of carboxylic acid groups (broad SMARTS) is 1. The Morgan fingerprint density at radius 2 is 2.42 bits per heavy atom. The molecule has 1 rings (SSSR count). The average molecular weight is 171 g/mol. The van der Waals surface area contributed by atoms with E-state index in [2.05, 4.69) is 12.2 Å². The zero-order chi connectivity index (χ0) is 8.97. The largest absolute Gasteiger partial charge is 0.481 e. The molecule has 1 saturated heterocycles. The SMILES string of the molecule is CC1NCCCC1CCC(=O)O. The van der Waals surface area contributed by atoms with Gasteiger partial charge in [-0.1, -0.05) is 0 Å². The van der Waals surface area contributed by atoms with E-state index in [4.69, 9.17) is 5.11 Å². The first-order chi connectivity index (χ1) is 5.70. The second-order valence-electron chi connectivity index (χ2n) is 3.58. The average Bonchev–Trinajstić information content (AvgIpc) is 2.03. The molecule has 0 saturated carbocycles. The standard InChI is InChI=1S/C9H17NO2/c1-7-8(3-2-6-10-7)4-5-9(11)12/h7-8,10H,2-6H2,1H3,(H,11,12). The first-order valence-electron chi connectivity index (χ1n) is 4.65. The number of piperidine rings is 1. The highest BCUT2D eigenvalue weighted by atomic mass is 16.4. The molecule has 2 unspecified atom stereocenters. The molecule has 0 spiro atoms. The summed E-state index contributed by atoms with van der Waals surface area (Å²) in [4.78, 5) is 10.3. The fraction of sp³-hybridized carbons (Fsp3) is 0.889. The Balaban J connectivity index is 2.24. The van der Waals surface area contributed by atoms with Crippen LogP contribution in [0, 0.1) is 5.92 Å². The maximum atomic E-state index is 10.3. The van der Waals surface area contributed by atoms with Gasteiger partial charge in [-0.15, -0.1) is 0 Å². The van der Waals surface area contributed by atoms with Gasteiger partial charge in [-0.3, -0.25) is 4.79 Å². The molecule has 1 heterocycles. The van der Waals surface area contributed by atoms with Crippen LogP contribution in [0.2, 0.25) is 0 Å². The maximum Gasteiger partial charge on any atom is 0.303 e. The van der Waals surface area contributed by atoms with Gasteiger partial charge in [0, 0.05) is 12.5 Å². The minimum absolute atomic E-state index is 0.316. The Morgan fingerprint density at radius 1 is 1.67 bits per heavy atom. The molecule has 1 fully saturated rings. The van der Waals surface area contributed by atoms with Crippen molar-refractivity contribution in [3.05, 3.63) is 0 Å². The molecule has 0 amide bonds. The fourth-order valence-corrected chi connectivity index (χ4v) is 1.81. The molecule has 3 nitrogen and oxygen atoms in total. The molecule has 1 aliphatic heterocycles. The molecular weight excluding hydrogens is 154 g/mol. The lowest BCUT2D eigenvalue weighted by molar-refractivity contribution is -0.137. The van der Waals surface area contributed by atoms with Gasteiger partial charge in [0.2, 0.25) is 0 Å². The lowest BCUT2D eigenvalue weighted by Crippen LogP contribution is -2.39. The summed E-state index contributed by atoms with van der Waals surface area (Å²) in [6.45, 7) is 3.23. The van der Waals surface area contributed by atoms with Crippen molar-refractivity contribution in [3.8, 4) is 0 Å². The quantitative estimate of drug-likeness (QED) is 0.671. The number of carbonyl (C=O) groups is 1. The van der Waals surface area contributed by atoms with Gasteiger partial charge in [0.15, 0.2) is 0 Å². The molecule has 3 heteroatoms. The molecule has 0 radical (unpaired) electrons. The summed E-state index contributed by atoms with van der Waals surface area (Å²) in [5, 5.41) is 11.9. The van der Waals surface area contributed by atoms with Crippen LogP contribution >= 0.6 is 0 Å². The second kappa shape index (κ2) is 4.45. The van der Waals surface area contributed by atoms with Crippen LogP contribution in [0.4, 0.5) is 0 Å². The molecule has 2 atom stereocenters. The van der Waals surface area contributed by atoms with Crippen LogP contribution in [0.25, 0.3) is 0 Å². The van der Waals surface area contributed by atoms with E-state index < -0.39 is 5.97 Å². The smallest absolute Gasteiger partial charge is 0.303 e. The third kappa shape index (κ3) is 2.81. The lowest BCUT2D eigenvalue weighted by Gasteiger charge is -2.29. The van der Waals surface area contributed by atoms with Gasteiger partial charge in [-0.05, 0) is 38.6 Å². The Hall–Kier alpha value is -0.570. The number of hydrogen-bond donors (Lipinski definition) is 2. The van der Waals surface area contributed by atoms with Gasteiger partial charge < -0.3 is 10.4 Å². The van der Waals surface area contributed by atoms with Gasteiger partial charge in [0.05, 0.1) is 0 Å². The summed E-state index contributed by atoms with van der Waals surface area (Å²) < 4.78 is 0. The number of hydrogen-bond acceptors (Lipinski definition) is 2. The number of nitrogens with one attached hydrogen (secondary N) is 1. The van der Waals surface area contributed by atoms with Crippen molar-refractivity contribution in [2.24, 2.45) is 5.92 Å². The minimum atomic E-state index is -0.673. The topological polar surface area (TPSA) is 49.3 Å². The van der Waals surface area contributed by atoms with Crippen molar-refractivity contribution in [1.82, 2.24) is 5.32 Å². The van der Waals surface area contributed by atoms with Crippen molar-refractivity contribution in [2.75, 3.05) is 6.54 Å². The molecule has 70 valence electrons. The molecule has 12 heavy (non-hydrogen) atoms. The van der Waals surface area contributed by atoms with Gasteiger partial charge in [-0.25, -0.2) is 0 Å². The van der Waals surface area contributed by atoms with Crippen molar-refractivity contribution < 1.29 is 9.90 Å². The summed E-state index contributed by atoms with van der Waals surface area (Å²) in [6, 6.07) is 0.498. The van der Waals surface area contributed by atoms with Crippen LogP contribution in [-0.4, -0.2) is 23.7 Å². The molecule has 0 bridgehead atoms. The second-order valence-corrected chi connectivity index (χ2v) is 3.58. The maximum absolute atomic E-state index is 10.3. The molecule has 1 aliphatic rings. The lowest BCUT2D eigenvalue weighted by atomic mass is 9.88. The monoisotopic (exact) mass is 171 g/mol. The predicted molar refractivity (Wildman–Crippen MR) is 47.1 cm³/mol. The first-order valence-corrected chi connectivity index (χ1v) is 4.65. The molecule has 0 aromatic heterocycles. The van der Waals surface area contributed by atoms with E-state index in [-0.39, 0.29) is 0 Å². The summed E-state index contributed by atoms with van der Waals surface area (Å²) >= 11 is 0. The molecule has 0 aromatic carbocycles. The highest BCUT2D eigenvalue weighted by Gasteiger charge is 2.20. The zero-order valence-electron chi connectivity index (χ0n) is 7.55. The van der Waals surface area contributed by atoms with Crippen molar-refractivity contribution >= 4 is 5.97 Å². The van der Waals surface area contributed by atoms with E-state index in [1.54, 1.807) is 0 Å². The van der Waals surface area contributed by atoms with E-state index in [1.165, 1.54) is 12.8 Å². The van der Waals surface area contributed by atoms with Crippen molar-refractivity contribution in [2.45, 2.75) is 38.6 Å². The first kappa shape index (κ1) is 9.52. The van der Waals surface area contributed by atoms with Crippen LogP contribution in [0.5, 0.6) is 0 Å². The number of carboxylic acids is 1. The van der Waals surface area contributed by atoms with E-state index >= 15 is 0 Å². The van der Waals surface area contributed by atoms with E-state index in [0.29, 0.717) is 18.4 Å². The molecule has 0 aliphatic carbocycles. The summed E-state index contributed by atoms with van der Waals surface area (Å²) in [7, 11) is 0. The van der Waals surface area contributed by atoms with Gasteiger partial charge in [0.25, 0.3) is 0 Å².